The van der Waals surface area contributed by atoms with Gasteiger partial charge in [0.2, 0.25) is 15.9 Å². The first kappa shape index (κ1) is 21.5. The highest BCUT2D eigenvalue weighted by atomic mass is 32.2. The molecule has 29 heavy (non-hydrogen) atoms. The van der Waals surface area contributed by atoms with Crippen LogP contribution in [-0.2, 0) is 14.8 Å². The number of sulfonamides is 1. The number of hydrogen-bond acceptors (Lipinski definition) is 5. The highest BCUT2D eigenvalue weighted by molar-refractivity contribution is 7.89. The quantitative estimate of drug-likeness (QED) is 0.758. The van der Waals surface area contributed by atoms with Crippen LogP contribution in [0.4, 0.5) is 4.79 Å². The minimum atomic E-state index is -3.76. The molecule has 0 unspecified atom stereocenters. The zero-order chi connectivity index (χ0) is 20.9. The maximum absolute atomic E-state index is 12.6. The molecule has 0 spiro atoms. The average Bonchev–Trinajstić information content (AvgIpc) is 2.75. The third-order valence-electron chi connectivity index (χ3n) is 5.55. The van der Waals surface area contributed by atoms with Crippen LogP contribution >= 0.6 is 0 Å². The van der Waals surface area contributed by atoms with Crippen LogP contribution in [0.1, 0.15) is 32.1 Å². The van der Waals surface area contributed by atoms with Crippen LogP contribution in [-0.4, -0.2) is 85.3 Å². The summed E-state index contributed by atoms with van der Waals surface area (Å²) in [5.41, 5.74) is 0. The van der Waals surface area contributed by atoms with Gasteiger partial charge in [-0.05, 0) is 25.0 Å². The molecule has 0 aromatic carbocycles. The van der Waals surface area contributed by atoms with Gasteiger partial charge in [-0.25, -0.2) is 13.2 Å². The molecular formula is C19H29N5O4S. The van der Waals surface area contributed by atoms with Gasteiger partial charge in [0, 0.05) is 51.7 Å². The van der Waals surface area contributed by atoms with Crippen LogP contribution in [0.3, 0.4) is 0 Å². The fourth-order valence-corrected chi connectivity index (χ4v) is 4.81. The highest BCUT2D eigenvalue weighted by Crippen LogP contribution is 2.18. The molecule has 9 nitrogen and oxygen atoms in total. The van der Waals surface area contributed by atoms with E-state index in [-0.39, 0.29) is 29.4 Å². The molecule has 3 rings (SSSR count). The van der Waals surface area contributed by atoms with Gasteiger partial charge in [0.15, 0.2) is 0 Å². The standard InChI is InChI=1S/C19H29N5O4S/c1-22(29(27,28)17-8-5-9-20-14-17)15-18(25)23-10-12-24(13-11-23)19(26)21-16-6-3-2-4-7-16/h5,8-9,14,16H,2-4,6-7,10-13,15H2,1H3,(H,21,26). The molecule has 0 radical (unpaired) electrons. The molecule has 1 aliphatic heterocycles. The smallest absolute Gasteiger partial charge is 0.317 e. The van der Waals surface area contributed by atoms with Gasteiger partial charge in [-0.15, -0.1) is 0 Å². The number of rotatable bonds is 5. The third kappa shape index (κ3) is 5.45. The molecule has 10 heteroatoms. The lowest BCUT2D eigenvalue weighted by atomic mass is 9.96. The van der Waals surface area contributed by atoms with E-state index < -0.39 is 10.0 Å². The van der Waals surface area contributed by atoms with Crippen LogP contribution < -0.4 is 5.32 Å². The zero-order valence-electron chi connectivity index (χ0n) is 16.8. The van der Waals surface area contributed by atoms with Crippen molar-refractivity contribution in [1.82, 2.24) is 24.4 Å². The number of pyridine rings is 1. The van der Waals surface area contributed by atoms with Gasteiger partial charge >= 0.3 is 6.03 Å². The number of nitrogens with zero attached hydrogens (tertiary/aromatic N) is 4. The number of piperazine rings is 1. The molecule has 1 aromatic rings. The van der Waals surface area contributed by atoms with Gasteiger partial charge in [0.25, 0.3) is 0 Å². The van der Waals surface area contributed by atoms with E-state index in [4.69, 9.17) is 0 Å². The van der Waals surface area contributed by atoms with Crippen molar-refractivity contribution in [3.05, 3.63) is 24.5 Å². The van der Waals surface area contributed by atoms with Crippen molar-refractivity contribution >= 4 is 22.0 Å². The molecule has 0 bridgehead atoms. The Labute approximate surface area is 172 Å². The molecule has 1 aromatic heterocycles. The topological polar surface area (TPSA) is 103 Å². The number of nitrogens with one attached hydrogen (secondary N) is 1. The Hall–Kier alpha value is -2.20. The number of urea groups is 1. The first-order valence-corrected chi connectivity index (χ1v) is 11.5. The van der Waals surface area contributed by atoms with Crippen LogP contribution in [0.15, 0.2) is 29.4 Å². The summed E-state index contributed by atoms with van der Waals surface area (Å²) in [6, 6.07) is 3.18. The molecular weight excluding hydrogens is 394 g/mol. The van der Waals surface area contributed by atoms with E-state index in [1.54, 1.807) is 15.9 Å². The normalized spacial score (nSPS) is 18.7. The second kappa shape index (κ2) is 9.53. The third-order valence-corrected chi connectivity index (χ3v) is 7.34. The SMILES string of the molecule is CN(CC(=O)N1CCN(C(=O)NC2CCCCC2)CC1)S(=O)(=O)c1cccnc1. The summed E-state index contributed by atoms with van der Waals surface area (Å²) in [7, 11) is -2.38. The van der Waals surface area contributed by atoms with E-state index in [0.717, 1.165) is 30.0 Å². The Morgan fingerprint density at radius 1 is 1.14 bits per heavy atom. The van der Waals surface area contributed by atoms with Gasteiger partial charge < -0.3 is 15.1 Å². The summed E-state index contributed by atoms with van der Waals surface area (Å²) in [4.78, 5) is 32.2. The van der Waals surface area contributed by atoms with Crippen LogP contribution in [0.5, 0.6) is 0 Å². The van der Waals surface area contributed by atoms with Crippen LogP contribution in [0, 0.1) is 0 Å². The predicted molar refractivity (Wildman–Crippen MR) is 108 cm³/mol. The molecule has 160 valence electrons. The molecule has 2 aliphatic rings. The summed E-state index contributed by atoms with van der Waals surface area (Å²) in [5.74, 6) is -0.271. The van der Waals surface area contributed by atoms with Crippen molar-refractivity contribution in [2.24, 2.45) is 0 Å². The first-order chi connectivity index (χ1) is 13.9. The largest absolute Gasteiger partial charge is 0.338 e. The number of aromatic nitrogens is 1. The molecule has 0 atom stereocenters. The first-order valence-electron chi connectivity index (χ1n) is 10.1. The summed E-state index contributed by atoms with van der Waals surface area (Å²) in [6.07, 6.45) is 8.36. The van der Waals surface area contributed by atoms with E-state index in [1.807, 2.05) is 0 Å². The van der Waals surface area contributed by atoms with Crippen molar-refractivity contribution < 1.29 is 18.0 Å². The Balaban J connectivity index is 1.47. The fourth-order valence-electron chi connectivity index (χ4n) is 3.73. The second-order valence-electron chi connectivity index (χ2n) is 7.60. The van der Waals surface area contributed by atoms with E-state index in [0.29, 0.717) is 26.2 Å². The Bertz CT molecular complexity index is 803. The van der Waals surface area contributed by atoms with Gasteiger partial charge in [0.05, 0.1) is 6.54 Å². The lowest BCUT2D eigenvalue weighted by Crippen LogP contribution is -2.55. The van der Waals surface area contributed by atoms with E-state index in [2.05, 4.69) is 10.3 Å². The summed E-state index contributed by atoms with van der Waals surface area (Å²) < 4.78 is 26.1. The zero-order valence-corrected chi connectivity index (χ0v) is 17.6. The van der Waals surface area contributed by atoms with Crippen LogP contribution in [0.2, 0.25) is 0 Å². The number of hydrogen-bond donors (Lipinski definition) is 1. The number of amides is 3. The van der Waals surface area contributed by atoms with E-state index in [1.165, 1.54) is 31.9 Å². The Morgan fingerprint density at radius 3 is 2.41 bits per heavy atom. The summed E-state index contributed by atoms with van der Waals surface area (Å²) in [6.45, 7) is 1.45. The summed E-state index contributed by atoms with van der Waals surface area (Å²) >= 11 is 0. The molecule has 1 saturated carbocycles. The molecule has 1 saturated heterocycles. The number of carbonyl (C=O) groups excluding carboxylic acids is 2. The van der Waals surface area contributed by atoms with Gasteiger partial charge in [-0.2, -0.15) is 4.31 Å². The van der Waals surface area contributed by atoms with Crippen molar-refractivity contribution in [2.45, 2.75) is 43.0 Å². The van der Waals surface area contributed by atoms with Crippen molar-refractivity contribution in [2.75, 3.05) is 39.8 Å². The van der Waals surface area contributed by atoms with Crippen molar-refractivity contribution in [1.29, 1.82) is 0 Å². The second-order valence-corrected chi connectivity index (χ2v) is 9.65. The maximum Gasteiger partial charge on any atom is 0.317 e. The number of likely N-dealkylation sites (N-methyl/N-ethyl adjacent to an activating group) is 1. The average molecular weight is 424 g/mol. The summed E-state index contributed by atoms with van der Waals surface area (Å²) in [5, 5.41) is 3.09. The molecule has 1 aliphatic carbocycles. The lowest BCUT2D eigenvalue weighted by Gasteiger charge is -2.36. The molecule has 2 heterocycles. The van der Waals surface area contributed by atoms with Crippen molar-refractivity contribution in [3.63, 3.8) is 0 Å². The monoisotopic (exact) mass is 423 g/mol. The van der Waals surface area contributed by atoms with E-state index in [9.17, 15) is 18.0 Å². The predicted octanol–water partition coefficient (Wildman–Crippen LogP) is 0.889. The maximum atomic E-state index is 12.6. The van der Waals surface area contributed by atoms with Gasteiger partial charge in [-0.3, -0.25) is 9.78 Å². The minimum Gasteiger partial charge on any atom is -0.338 e. The van der Waals surface area contributed by atoms with Gasteiger partial charge in [0.1, 0.15) is 4.90 Å². The Kier molecular flexibility index (Phi) is 7.07. The highest BCUT2D eigenvalue weighted by Gasteiger charge is 2.29. The Morgan fingerprint density at radius 2 is 1.79 bits per heavy atom. The molecule has 1 N–H and O–H groups in total. The van der Waals surface area contributed by atoms with E-state index >= 15 is 0 Å². The molecule has 3 amide bonds. The van der Waals surface area contributed by atoms with Crippen LogP contribution in [0.25, 0.3) is 0 Å². The fraction of sp³-hybridized carbons (Fsp3) is 0.632. The number of carbonyl (C=O) groups is 2. The van der Waals surface area contributed by atoms with Gasteiger partial charge in [-0.1, -0.05) is 19.3 Å². The minimum absolute atomic E-state index is 0.0551. The van der Waals surface area contributed by atoms with Crippen molar-refractivity contribution in [3.8, 4) is 0 Å². The molecule has 2 fully saturated rings. The lowest BCUT2D eigenvalue weighted by molar-refractivity contribution is -0.132.